The molecule has 6 aromatic carbocycles. The van der Waals surface area contributed by atoms with E-state index in [1.54, 1.807) is 165 Å². The number of ether oxygens (including phenoxy) is 3. The van der Waals surface area contributed by atoms with Crippen LogP contribution in [0.15, 0.2) is 293 Å². The predicted octanol–water partition coefficient (Wildman–Crippen LogP) is 13.3. The van der Waals surface area contributed by atoms with Gasteiger partial charge in [0.05, 0.1) is 47.6 Å². The molecule has 13 rings (SSSR count). The number of fused-ring (bicyclic) bond motifs is 1. The van der Waals surface area contributed by atoms with Crippen LogP contribution >= 0.6 is 0 Å². The van der Waals surface area contributed by atoms with Crippen molar-refractivity contribution in [2.45, 2.75) is 18.9 Å². The van der Waals surface area contributed by atoms with Gasteiger partial charge in [0.15, 0.2) is 23.5 Å². The topological polar surface area (TPSA) is 319 Å². The van der Waals surface area contributed by atoms with Crippen molar-refractivity contribution in [1.82, 2.24) is 29.9 Å². The summed E-state index contributed by atoms with van der Waals surface area (Å²) in [4.78, 5) is 128. The number of carboxylic acid groups (broad SMARTS) is 3. The lowest BCUT2D eigenvalue weighted by molar-refractivity contribution is 0.0453. The molecule has 3 N–H and O–H groups in total. The van der Waals surface area contributed by atoms with Gasteiger partial charge >= 0.3 is 35.8 Å². The number of aromatic nitrogens is 6. The first kappa shape index (κ1) is 72.9. The molecule has 502 valence electrons. The van der Waals surface area contributed by atoms with Crippen LogP contribution in [0.2, 0.25) is 0 Å². The Balaban J connectivity index is 0.000000154. The molecule has 0 aliphatic carbocycles. The van der Waals surface area contributed by atoms with E-state index in [0.29, 0.717) is 57.3 Å². The summed E-state index contributed by atoms with van der Waals surface area (Å²) in [7, 11) is 2.58. The van der Waals surface area contributed by atoms with Crippen LogP contribution in [-0.2, 0) is 27.1 Å². The third-order valence-electron chi connectivity index (χ3n) is 14.9. The molecule has 7 heterocycles. The lowest BCUT2D eigenvalue weighted by Gasteiger charge is -2.09. The first-order valence-corrected chi connectivity index (χ1v) is 30.7. The van der Waals surface area contributed by atoms with Gasteiger partial charge in [-0.25, -0.2) is 28.8 Å². The number of aromatic carboxylic acids is 3. The van der Waals surface area contributed by atoms with Gasteiger partial charge < -0.3 is 29.5 Å². The van der Waals surface area contributed by atoms with Crippen molar-refractivity contribution in [3.63, 3.8) is 0 Å². The highest BCUT2D eigenvalue weighted by molar-refractivity contribution is 6.16. The highest BCUT2D eigenvalue weighted by atomic mass is 16.6. The van der Waals surface area contributed by atoms with Crippen LogP contribution in [0.1, 0.15) is 149 Å². The lowest BCUT2D eigenvalue weighted by atomic mass is 9.99. The van der Waals surface area contributed by atoms with Crippen LogP contribution in [0.5, 0.6) is 0 Å². The molecule has 1 atom stereocenters. The normalized spacial score (nSPS) is 11.2. The van der Waals surface area contributed by atoms with E-state index >= 15 is 0 Å². The summed E-state index contributed by atoms with van der Waals surface area (Å²) in [6, 6.07) is 61.7. The molecule has 0 bridgehead atoms. The second-order valence-corrected chi connectivity index (χ2v) is 21.3. The minimum atomic E-state index is -1.11. The number of carboxylic acids is 3. The van der Waals surface area contributed by atoms with Gasteiger partial charge in [0.25, 0.3) is 0 Å². The molecule has 0 saturated carbocycles. The molecule has 0 spiro atoms. The first-order valence-electron chi connectivity index (χ1n) is 30.7. The van der Waals surface area contributed by atoms with Crippen molar-refractivity contribution in [3.8, 4) is 0 Å². The molecular weight excluding hydrogens is 1280 g/mol. The minimum absolute atomic E-state index is 0.00862. The second-order valence-electron chi connectivity index (χ2n) is 21.3. The molecule has 101 heavy (non-hydrogen) atoms. The maximum Gasteiger partial charge on any atom is 0.339 e. The number of carbonyl (C=O) groups is 9. The maximum absolute atomic E-state index is 12.3. The zero-order chi connectivity index (χ0) is 71.9. The SMILES string of the molecule is COC(=O)c1ccccc1C(=O)c1ccncc1.COC(=O)c1ccccc1C(=O)c1ccncc1.O=C(O)c1ccccc1C(=O)c1ccncc1.O=C(O)c1ccccc1Cc1ccncc1.O=C(O)c1ccccc1Cc1ccncc1.O=C1OC(c2ccncc2)c2ccccc21. The lowest BCUT2D eigenvalue weighted by Crippen LogP contribution is -2.11. The van der Waals surface area contributed by atoms with Gasteiger partial charge in [0, 0.05) is 119 Å². The Morgan fingerprint density at radius 1 is 0.337 bits per heavy atom. The summed E-state index contributed by atoms with van der Waals surface area (Å²) in [6.45, 7) is 0. The fraction of sp³-hybridized carbons (Fsp3) is 0.0625. The summed E-state index contributed by atoms with van der Waals surface area (Å²) in [5.41, 5.74) is 9.80. The zero-order valence-corrected chi connectivity index (χ0v) is 54.1. The third kappa shape index (κ3) is 20.5. The minimum Gasteiger partial charge on any atom is -0.478 e. The van der Waals surface area contributed by atoms with E-state index in [-0.39, 0.29) is 51.7 Å². The number of carbonyl (C=O) groups excluding carboxylic acids is 6. The summed E-state index contributed by atoms with van der Waals surface area (Å²) in [5.74, 6) is -4.93. The van der Waals surface area contributed by atoms with Crippen molar-refractivity contribution >= 4 is 53.2 Å². The Labute approximate surface area is 579 Å². The molecule has 21 heteroatoms. The van der Waals surface area contributed by atoms with E-state index in [4.69, 9.17) is 20.1 Å². The summed E-state index contributed by atoms with van der Waals surface area (Å²) in [6.07, 6.45) is 20.3. The van der Waals surface area contributed by atoms with Crippen LogP contribution in [0, 0.1) is 0 Å². The largest absolute Gasteiger partial charge is 0.478 e. The van der Waals surface area contributed by atoms with Crippen LogP contribution in [0.3, 0.4) is 0 Å². The average molecular weight is 1350 g/mol. The number of rotatable bonds is 16. The van der Waals surface area contributed by atoms with E-state index in [1.807, 2.05) is 78.9 Å². The van der Waals surface area contributed by atoms with Crippen LogP contribution in [0.25, 0.3) is 0 Å². The van der Waals surface area contributed by atoms with Gasteiger partial charge in [0.1, 0.15) is 0 Å². The van der Waals surface area contributed by atoms with Crippen LogP contribution < -0.4 is 0 Å². The molecule has 1 unspecified atom stereocenters. The van der Waals surface area contributed by atoms with Crippen molar-refractivity contribution < 1.29 is 72.7 Å². The molecule has 0 fully saturated rings. The molecule has 21 nitrogen and oxygen atoms in total. The average Bonchev–Trinajstić information content (AvgIpc) is 1.69. The van der Waals surface area contributed by atoms with Crippen molar-refractivity contribution in [2.24, 2.45) is 0 Å². The predicted molar refractivity (Wildman–Crippen MR) is 371 cm³/mol. The Morgan fingerprint density at radius 3 is 0.960 bits per heavy atom. The summed E-state index contributed by atoms with van der Waals surface area (Å²) < 4.78 is 14.7. The Morgan fingerprint density at radius 2 is 0.614 bits per heavy atom. The second kappa shape index (κ2) is 37.4. The molecule has 0 saturated heterocycles. The fourth-order valence-corrected chi connectivity index (χ4v) is 9.92. The summed E-state index contributed by atoms with van der Waals surface area (Å²) in [5, 5.41) is 27.1. The molecule has 12 aromatic rings. The van der Waals surface area contributed by atoms with Crippen molar-refractivity contribution in [3.05, 3.63) is 393 Å². The fourth-order valence-electron chi connectivity index (χ4n) is 9.92. The maximum atomic E-state index is 12.3. The monoisotopic (exact) mass is 1350 g/mol. The van der Waals surface area contributed by atoms with Gasteiger partial charge in [-0.2, -0.15) is 0 Å². The number of hydrogen-bond acceptors (Lipinski definition) is 18. The highest BCUT2D eigenvalue weighted by Gasteiger charge is 2.31. The quantitative estimate of drug-likeness (QED) is 0.0460. The van der Waals surface area contributed by atoms with Crippen LogP contribution in [0.4, 0.5) is 0 Å². The van der Waals surface area contributed by atoms with E-state index in [9.17, 15) is 43.2 Å². The van der Waals surface area contributed by atoms with Crippen molar-refractivity contribution in [2.75, 3.05) is 14.2 Å². The van der Waals surface area contributed by atoms with Gasteiger partial charge in [-0.15, -0.1) is 0 Å². The standard InChI is InChI=1S/2C14H11NO3.C13H9NO3.C13H9NO2.2C13H11NO2/c2*1-18-14(17)12-5-3-2-4-11(12)13(16)10-6-8-15-9-7-10;15-12(9-5-7-14-8-6-9)10-3-1-2-4-11(10)13(16)17;15-13-11-4-2-1-3-10(11)12(16-13)9-5-7-14-8-6-9;2*15-13(16)12-4-2-1-3-11(12)9-10-5-7-14-8-6-10/h2*2-9H,1H3;1-8H,(H,16,17);1-8,12H;2*1-8H,9H2,(H,15,16). The van der Waals surface area contributed by atoms with Gasteiger partial charge in [-0.05, 0) is 144 Å². The Kier molecular flexibility index (Phi) is 27.0. The molecular formula is C80H62N6O15. The number of cyclic esters (lactones) is 1. The summed E-state index contributed by atoms with van der Waals surface area (Å²) >= 11 is 0. The molecule has 0 amide bonds. The number of nitrogens with zero attached hydrogens (tertiary/aromatic N) is 6. The molecule has 1 aliphatic rings. The Hall–Kier alpha value is -14.0. The first-order chi connectivity index (χ1) is 49.1. The number of methoxy groups -OCH3 is 2. The van der Waals surface area contributed by atoms with E-state index in [1.165, 1.54) is 63.5 Å². The van der Waals surface area contributed by atoms with E-state index in [2.05, 4.69) is 39.4 Å². The number of esters is 3. The third-order valence-corrected chi connectivity index (χ3v) is 14.9. The number of benzene rings is 6. The highest BCUT2D eigenvalue weighted by Crippen LogP contribution is 2.35. The van der Waals surface area contributed by atoms with Gasteiger partial charge in [-0.1, -0.05) is 109 Å². The molecule has 1 aliphatic heterocycles. The Bertz CT molecular complexity index is 4610. The van der Waals surface area contributed by atoms with Gasteiger partial charge in [0.2, 0.25) is 0 Å². The number of hydrogen-bond donors (Lipinski definition) is 3. The number of pyridine rings is 6. The number of ketones is 3. The van der Waals surface area contributed by atoms with Crippen LogP contribution in [-0.4, -0.2) is 113 Å². The molecule has 0 radical (unpaired) electrons. The van der Waals surface area contributed by atoms with E-state index < -0.39 is 29.8 Å². The van der Waals surface area contributed by atoms with Crippen molar-refractivity contribution in [1.29, 1.82) is 0 Å². The van der Waals surface area contributed by atoms with E-state index in [0.717, 1.165) is 33.4 Å². The zero-order valence-electron chi connectivity index (χ0n) is 54.1. The van der Waals surface area contributed by atoms with Gasteiger partial charge in [-0.3, -0.25) is 44.3 Å². The molecule has 6 aromatic heterocycles. The smallest absolute Gasteiger partial charge is 0.339 e.